The Balaban J connectivity index is 1.71. The lowest BCUT2D eigenvalue weighted by atomic mass is 10.0. The number of hydrogen-bond donors (Lipinski definition) is 1. The molecule has 3 atom stereocenters. The summed E-state index contributed by atoms with van der Waals surface area (Å²) in [4.78, 5) is 16.7. The molecule has 0 bridgehead atoms. The van der Waals surface area contributed by atoms with E-state index < -0.39 is 0 Å². The van der Waals surface area contributed by atoms with E-state index in [1.54, 1.807) is 0 Å². The second-order valence-electron chi connectivity index (χ2n) is 6.50. The molecule has 1 saturated heterocycles. The minimum Gasteiger partial charge on any atom is -0.337 e. The number of nitrogens with zero attached hydrogens (tertiary/aromatic N) is 2. The van der Waals surface area contributed by atoms with E-state index in [1.807, 2.05) is 23.7 Å². The molecule has 1 saturated carbocycles. The Morgan fingerprint density at radius 3 is 2.81 bits per heavy atom. The molecule has 122 valence electrons. The highest BCUT2D eigenvalue weighted by molar-refractivity contribution is 7.99. The van der Waals surface area contributed by atoms with Crippen molar-refractivity contribution in [1.29, 1.82) is 0 Å². The van der Waals surface area contributed by atoms with Crippen molar-refractivity contribution in [3.05, 3.63) is 0 Å². The molecule has 1 aliphatic carbocycles. The maximum absolute atomic E-state index is 12.3. The molecule has 4 nitrogen and oxygen atoms in total. The zero-order valence-electron chi connectivity index (χ0n) is 13.8. The van der Waals surface area contributed by atoms with Crippen molar-refractivity contribution in [1.82, 2.24) is 15.1 Å². The van der Waals surface area contributed by atoms with Crippen LogP contribution in [0.4, 0.5) is 4.79 Å². The van der Waals surface area contributed by atoms with Gasteiger partial charge in [0.1, 0.15) is 0 Å². The van der Waals surface area contributed by atoms with Crippen LogP contribution in [-0.2, 0) is 0 Å². The number of rotatable bonds is 5. The number of amides is 2. The van der Waals surface area contributed by atoms with Crippen LogP contribution in [0.3, 0.4) is 0 Å². The molecule has 2 fully saturated rings. The van der Waals surface area contributed by atoms with Gasteiger partial charge in [0.25, 0.3) is 0 Å². The number of piperidine rings is 1. The highest BCUT2D eigenvalue weighted by Crippen LogP contribution is 2.31. The Morgan fingerprint density at radius 2 is 2.10 bits per heavy atom. The Labute approximate surface area is 134 Å². The number of hydrogen-bond acceptors (Lipinski definition) is 3. The fourth-order valence-electron chi connectivity index (χ4n) is 3.70. The van der Waals surface area contributed by atoms with Crippen LogP contribution in [0.15, 0.2) is 0 Å². The fourth-order valence-corrected chi connectivity index (χ4v) is 4.73. The highest BCUT2D eigenvalue weighted by Gasteiger charge is 2.32. The van der Waals surface area contributed by atoms with E-state index in [2.05, 4.69) is 23.4 Å². The Bertz CT molecular complexity index is 339. The van der Waals surface area contributed by atoms with Crippen molar-refractivity contribution >= 4 is 17.8 Å². The standard InChI is InChI=1S/C16H31N3OS/c1-13-7-4-5-11-19(13)12-10-17-16(20)18(2)14-8-6-9-15(14)21-3/h13-15H,4-12H2,1-3H3,(H,17,20)/t13-,14+,15+/m0/s1. The molecule has 2 amide bonds. The monoisotopic (exact) mass is 313 g/mol. The van der Waals surface area contributed by atoms with Crippen LogP contribution in [0.1, 0.15) is 45.4 Å². The van der Waals surface area contributed by atoms with Crippen molar-refractivity contribution in [3.63, 3.8) is 0 Å². The summed E-state index contributed by atoms with van der Waals surface area (Å²) in [5.41, 5.74) is 0. The van der Waals surface area contributed by atoms with Crippen molar-refractivity contribution in [3.8, 4) is 0 Å². The summed E-state index contributed by atoms with van der Waals surface area (Å²) in [5, 5.41) is 3.72. The van der Waals surface area contributed by atoms with Crippen LogP contribution in [0.25, 0.3) is 0 Å². The van der Waals surface area contributed by atoms with E-state index in [0.29, 0.717) is 17.3 Å². The molecular weight excluding hydrogens is 282 g/mol. The van der Waals surface area contributed by atoms with Crippen LogP contribution < -0.4 is 5.32 Å². The number of thioether (sulfide) groups is 1. The number of urea groups is 1. The molecule has 0 radical (unpaired) electrons. The van der Waals surface area contributed by atoms with Gasteiger partial charge in [0, 0.05) is 37.5 Å². The highest BCUT2D eigenvalue weighted by atomic mass is 32.2. The van der Waals surface area contributed by atoms with Gasteiger partial charge in [-0.3, -0.25) is 4.90 Å². The Hall–Kier alpha value is -0.420. The third-order valence-electron chi connectivity index (χ3n) is 5.15. The van der Waals surface area contributed by atoms with Crippen LogP contribution in [0.2, 0.25) is 0 Å². The summed E-state index contributed by atoms with van der Waals surface area (Å²) in [6.07, 6.45) is 9.75. The van der Waals surface area contributed by atoms with Gasteiger partial charge in [-0.25, -0.2) is 4.79 Å². The zero-order chi connectivity index (χ0) is 15.2. The smallest absolute Gasteiger partial charge is 0.317 e. The van der Waals surface area contributed by atoms with Crippen molar-refractivity contribution < 1.29 is 4.79 Å². The molecule has 2 aliphatic rings. The van der Waals surface area contributed by atoms with E-state index in [4.69, 9.17) is 0 Å². The van der Waals surface area contributed by atoms with Gasteiger partial charge >= 0.3 is 6.03 Å². The van der Waals surface area contributed by atoms with Gasteiger partial charge < -0.3 is 10.2 Å². The second-order valence-corrected chi connectivity index (χ2v) is 7.57. The Kier molecular flexibility index (Phi) is 6.68. The lowest BCUT2D eigenvalue weighted by Crippen LogP contribution is -2.48. The molecule has 1 aliphatic heterocycles. The first kappa shape index (κ1) is 16.9. The molecule has 1 N–H and O–H groups in total. The molecule has 21 heavy (non-hydrogen) atoms. The molecule has 0 aromatic carbocycles. The minimum absolute atomic E-state index is 0.102. The van der Waals surface area contributed by atoms with E-state index in [9.17, 15) is 4.79 Å². The maximum Gasteiger partial charge on any atom is 0.317 e. The van der Waals surface area contributed by atoms with Crippen LogP contribution in [-0.4, -0.2) is 66.1 Å². The van der Waals surface area contributed by atoms with Gasteiger partial charge in [-0.05, 0) is 45.4 Å². The summed E-state index contributed by atoms with van der Waals surface area (Å²) in [6.45, 7) is 5.24. The largest absolute Gasteiger partial charge is 0.337 e. The van der Waals surface area contributed by atoms with Gasteiger partial charge in [-0.15, -0.1) is 0 Å². The normalized spacial score (nSPS) is 30.3. The van der Waals surface area contributed by atoms with E-state index in [1.165, 1.54) is 38.6 Å². The van der Waals surface area contributed by atoms with Crippen molar-refractivity contribution in [2.75, 3.05) is 32.9 Å². The van der Waals surface area contributed by atoms with Gasteiger partial charge in [0.05, 0.1) is 0 Å². The minimum atomic E-state index is 0.102. The van der Waals surface area contributed by atoms with E-state index in [-0.39, 0.29) is 6.03 Å². The molecule has 0 aromatic rings. The van der Waals surface area contributed by atoms with Crippen LogP contribution in [0.5, 0.6) is 0 Å². The SMILES string of the molecule is CS[C@@H]1CCC[C@H]1N(C)C(=O)NCCN1CCCC[C@@H]1C. The molecule has 5 heteroatoms. The summed E-state index contributed by atoms with van der Waals surface area (Å²) in [6, 6.07) is 1.18. The molecule has 0 spiro atoms. The average Bonchev–Trinajstić information content (AvgIpc) is 2.96. The maximum atomic E-state index is 12.3. The summed E-state index contributed by atoms with van der Waals surface area (Å²) in [7, 11) is 1.96. The second kappa shape index (κ2) is 8.28. The molecule has 0 aromatic heterocycles. The summed E-state index contributed by atoms with van der Waals surface area (Å²) >= 11 is 1.90. The quantitative estimate of drug-likeness (QED) is 0.848. The first-order chi connectivity index (χ1) is 10.1. The van der Waals surface area contributed by atoms with E-state index in [0.717, 1.165) is 19.5 Å². The van der Waals surface area contributed by atoms with Gasteiger partial charge in [0.2, 0.25) is 0 Å². The molecular formula is C16H31N3OS. The molecule has 2 rings (SSSR count). The predicted octanol–water partition coefficient (Wildman–Crippen LogP) is 2.79. The summed E-state index contributed by atoms with van der Waals surface area (Å²) < 4.78 is 0. The number of carbonyl (C=O) groups is 1. The average molecular weight is 314 g/mol. The third kappa shape index (κ3) is 4.52. The van der Waals surface area contributed by atoms with Crippen molar-refractivity contribution in [2.45, 2.75) is 62.8 Å². The first-order valence-corrected chi connectivity index (χ1v) is 9.69. The molecule has 1 heterocycles. The topological polar surface area (TPSA) is 35.6 Å². The fraction of sp³-hybridized carbons (Fsp3) is 0.938. The third-order valence-corrected chi connectivity index (χ3v) is 6.31. The number of nitrogens with one attached hydrogen (secondary N) is 1. The van der Waals surface area contributed by atoms with E-state index >= 15 is 0 Å². The van der Waals surface area contributed by atoms with Crippen molar-refractivity contribution in [2.24, 2.45) is 0 Å². The Morgan fingerprint density at radius 1 is 1.29 bits per heavy atom. The summed E-state index contributed by atoms with van der Waals surface area (Å²) in [5.74, 6) is 0. The molecule has 0 unspecified atom stereocenters. The van der Waals surface area contributed by atoms with Gasteiger partial charge in [0.15, 0.2) is 0 Å². The number of likely N-dealkylation sites (tertiary alicyclic amines) is 1. The first-order valence-electron chi connectivity index (χ1n) is 8.41. The van der Waals surface area contributed by atoms with Gasteiger partial charge in [-0.1, -0.05) is 12.8 Å². The van der Waals surface area contributed by atoms with Crippen LogP contribution in [0, 0.1) is 0 Å². The zero-order valence-corrected chi connectivity index (χ0v) is 14.6. The van der Waals surface area contributed by atoms with Crippen LogP contribution >= 0.6 is 11.8 Å². The lowest BCUT2D eigenvalue weighted by molar-refractivity contribution is 0.157. The predicted molar refractivity (Wildman–Crippen MR) is 91.0 cm³/mol. The number of carbonyl (C=O) groups excluding carboxylic acids is 1. The lowest BCUT2D eigenvalue weighted by Gasteiger charge is -2.34. The van der Waals surface area contributed by atoms with Gasteiger partial charge in [-0.2, -0.15) is 11.8 Å².